The van der Waals surface area contributed by atoms with Gasteiger partial charge in [-0.1, -0.05) is 54.6 Å². The molecule has 0 unspecified atom stereocenters. The van der Waals surface area contributed by atoms with Crippen LogP contribution in [0.1, 0.15) is 35.3 Å². The highest BCUT2D eigenvalue weighted by Gasteiger charge is 2.41. The van der Waals surface area contributed by atoms with Crippen molar-refractivity contribution in [2.75, 3.05) is 13.2 Å². The molecule has 0 radical (unpaired) electrons. The van der Waals surface area contributed by atoms with Crippen molar-refractivity contribution >= 4 is 23.0 Å². The van der Waals surface area contributed by atoms with Gasteiger partial charge in [0.1, 0.15) is 29.8 Å². The van der Waals surface area contributed by atoms with Crippen molar-refractivity contribution in [3.8, 4) is 11.5 Å². The summed E-state index contributed by atoms with van der Waals surface area (Å²) in [6.45, 7) is 4.24. The van der Waals surface area contributed by atoms with Gasteiger partial charge in [0.2, 0.25) is 5.89 Å². The van der Waals surface area contributed by atoms with Crippen molar-refractivity contribution in [3.63, 3.8) is 0 Å². The maximum Gasteiger partial charge on any atom is 0.417 e. The standard InChI is InChI=1S/C34H32N2O6/c1-3-39-31(33(37)36-27(21-40-34(36)38)17-23-10-6-4-7-11-23)18-24-14-15-30-26(16-24)19-28(42-30)20-29-22(2)41-32(35-29)25-12-8-5-9-13-25/h4-16,19,27,31H,3,17-18,20-21H2,1-2H3/t27-,31-/m0/s1. The molecule has 3 heterocycles. The van der Waals surface area contributed by atoms with Crippen LogP contribution in [0.15, 0.2) is 93.8 Å². The van der Waals surface area contributed by atoms with E-state index in [9.17, 15) is 9.59 Å². The van der Waals surface area contributed by atoms with Crippen LogP contribution in [0.3, 0.4) is 0 Å². The van der Waals surface area contributed by atoms with Crippen molar-refractivity contribution in [2.45, 2.75) is 45.3 Å². The second-order valence-electron chi connectivity index (χ2n) is 10.4. The minimum atomic E-state index is -0.822. The first-order valence-corrected chi connectivity index (χ1v) is 14.2. The van der Waals surface area contributed by atoms with Crippen molar-refractivity contribution in [2.24, 2.45) is 0 Å². The summed E-state index contributed by atoms with van der Waals surface area (Å²) in [7, 11) is 0. The van der Waals surface area contributed by atoms with E-state index >= 15 is 0 Å². The van der Waals surface area contributed by atoms with Crippen LogP contribution in [-0.4, -0.2) is 47.2 Å². The van der Waals surface area contributed by atoms with E-state index in [0.29, 0.717) is 31.8 Å². The van der Waals surface area contributed by atoms with Crippen LogP contribution < -0.4 is 0 Å². The van der Waals surface area contributed by atoms with Gasteiger partial charge in [0, 0.05) is 24.0 Å². The molecule has 0 N–H and O–H groups in total. The zero-order chi connectivity index (χ0) is 29.1. The fourth-order valence-corrected chi connectivity index (χ4v) is 5.38. The molecule has 1 aliphatic heterocycles. The van der Waals surface area contributed by atoms with Crippen LogP contribution in [0.25, 0.3) is 22.4 Å². The van der Waals surface area contributed by atoms with Crippen molar-refractivity contribution in [1.82, 2.24) is 9.88 Å². The topological polar surface area (TPSA) is 95.0 Å². The zero-order valence-electron chi connectivity index (χ0n) is 23.6. The minimum absolute atomic E-state index is 0.167. The number of furan rings is 1. The summed E-state index contributed by atoms with van der Waals surface area (Å²) in [5, 5.41) is 0.914. The monoisotopic (exact) mass is 564 g/mol. The number of hydrogen-bond donors (Lipinski definition) is 0. The molecule has 2 atom stereocenters. The third-order valence-corrected chi connectivity index (χ3v) is 7.46. The summed E-state index contributed by atoms with van der Waals surface area (Å²) in [5.41, 5.74) is 4.41. The smallest absolute Gasteiger partial charge is 0.417 e. The average Bonchev–Trinajstić information content (AvgIpc) is 3.69. The third kappa shape index (κ3) is 5.85. The number of nitrogens with zero attached hydrogens (tertiary/aromatic N) is 2. The van der Waals surface area contributed by atoms with Gasteiger partial charge in [-0.2, -0.15) is 0 Å². The average molecular weight is 565 g/mol. The predicted octanol–water partition coefficient (Wildman–Crippen LogP) is 6.52. The number of fused-ring (bicyclic) bond motifs is 1. The maximum absolute atomic E-state index is 13.6. The first-order valence-electron chi connectivity index (χ1n) is 14.2. The Kier molecular flexibility index (Phi) is 7.88. The lowest BCUT2D eigenvalue weighted by molar-refractivity contribution is -0.141. The summed E-state index contributed by atoms with van der Waals surface area (Å²) >= 11 is 0. The summed E-state index contributed by atoms with van der Waals surface area (Å²) in [4.78, 5) is 32.2. The lowest BCUT2D eigenvalue weighted by Gasteiger charge is -2.25. The van der Waals surface area contributed by atoms with Gasteiger partial charge in [0.05, 0.1) is 18.2 Å². The van der Waals surface area contributed by atoms with Gasteiger partial charge in [0.25, 0.3) is 5.91 Å². The Morgan fingerprint density at radius 1 is 1.00 bits per heavy atom. The highest BCUT2D eigenvalue weighted by molar-refractivity contribution is 5.96. The number of imide groups is 1. The minimum Gasteiger partial charge on any atom is -0.461 e. The van der Waals surface area contributed by atoms with Gasteiger partial charge in [-0.05, 0) is 61.7 Å². The Hall–Kier alpha value is -4.69. The van der Waals surface area contributed by atoms with Crippen LogP contribution in [-0.2, 0) is 33.5 Å². The lowest BCUT2D eigenvalue weighted by atomic mass is 10.0. The van der Waals surface area contributed by atoms with Crippen LogP contribution in [0.5, 0.6) is 0 Å². The zero-order valence-corrected chi connectivity index (χ0v) is 23.6. The number of rotatable bonds is 10. The summed E-state index contributed by atoms with van der Waals surface area (Å²) in [6, 6.07) is 27.0. The summed E-state index contributed by atoms with van der Waals surface area (Å²) < 4.78 is 23.2. The van der Waals surface area contributed by atoms with Gasteiger partial charge in [-0.15, -0.1) is 0 Å². The Balaban J connectivity index is 1.18. The molecule has 1 fully saturated rings. The van der Waals surface area contributed by atoms with E-state index in [-0.39, 0.29) is 18.6 Å². The van der Waals surface area contributed by atoms with E-state index in [1.54, 1.807) is 0 Å². The van der Waals surface area contributed by atoms with Crippen molar-refractivity contribution < 1.29 is 27.9 Å². The molecule has 0 spiro atoms. The first kappa shape index (κ1) is 27.5. The van der Waals surface area contributed by atoms with Crippen LogP contribution in [0.4, 0.5) is 4.79 Å². The number of carbonyl (C=O) groups excluding carboxylic acids is 2. The molecule has 1 saturated heterocycles. The number of amides is 2. The van der Waals surface area contributed by atoms with Crippen LogP contribution in [0.2, 0.25) is 0 Å². The van der Waals surface area contributed by atoms with Crippen LogP contribution >= 0.6 is 0 Å². The summed E-state index contributed by atoms with van der Waals surface area (Å²) in [5.74, 6) is 1.71. The van der Waals surface area contributed by atoms with Gasteiger partial charge in [0.15, 0.2) is 0 Å². The molecule has 8 nitrogen and oxygen atoms in total. The lowest BCUT2D eigenvalue weighted by Crippen LogP contribution is -2.47. The largest absolute Gasteiger partial charge is 0.461 e. The van der Waals surface area contributed by atoms with Gasteiger partial charge in [-0.3, -0.25) is 4.79 Å². The molecule has 3 aromatic carbocycles. The van der Waals surface area contributed by atoms with Crippen molar-refractivity contribution in [1.29, 1.82) is 0 Å². The van der Waals surface area contributed by atoms with E-state index < -0.39 is 12.2 Å². The number of cyclic esters (lactones) is 1. The molecular weight excluding hydrogens is 532 g/mol. The van der Waals surface area contributed by atoms with E-state index in [4.69, 9.17) is 23.3 Å². The molecule has 5 aromatic rings. The van der Waals surface area contributed by atoms with E-state index in [2.05, 4.69) is 0 Å². The predicted molar refractivity (Wildman–Crippen MR) is 157 cm³/mol. The SMILES string of the molecule is CCO[C@@H](Cc1ccc2oc(Cc3nc(-c4ccccc4)oc3C)cc2c1)C(=O)N1C(=O)OC[C@@H]1Cc1ccccc1. The fourth-order valence-electron chi connectivity index (χ4n) is 5.38. The first-order chi connectivity index (χ1) is 20.5. The molecule has 0 bridgehead atoms. The van der Waals surface area contributed by atoms with E-state index in [1.165, 1.54) is 4.90 Å². The Labute approximate surface area is 243 Å². The number of hydrogen-bond acceptors (Lipinski definition) is 7. The normalized spacial score (nSPS) is 15.7. The third-order valence-electron chi connectivity index (χ3n) is 7.46. The molecule has 8 heteroatoms. The number of ether oxygens (including phenoxy) is 2. The fraction of sp³-hybridized carbons (Fsp3) is 0.265. The Bertz CT molecular complexity index is 1690. The molecule has 42 heavy (non-hydrogen) atoms. The molecule has 1 aliphatic rings. The Morgan fingerprint density at radius 3 is 2.52 bits per heavy atom. The van der Waals surface area contributed by atoms with Gasteiger partial charge in [-0.25, -0.2) is 14.7 Å². The molecule has 214 valence electrons. The highest BCUT2D eigenvalue weighted by atomic mass is 16.6. The number of aromatic nitrogens is 1. The number of benzene rings is 3. The van der Waals surface area contributed by atoms with Gasteiger partial charge >= 0.3 is 6.09 Å². The number of carbonyl (C=O) groups is 2. The summed E-state index contributed by atoms with van der Waals surface area (Å²) in [6.07, 6.45) is -0.116. The molecule has 0 aliphatic carbocycles. The second-order valence-corrected chi connectivity index (χ2v) is 10.4. The molecule has 2 aromatic heterocycles. The maximum atomic E-state index is 13.6. The van der Waals surface area contributed by atoms with Crippen molar-refractivity contribution in [3.05, 3.63) is 113 Å². The molecule has 0 saturated carbocycles. The number of oxazole rings is 1. The highest BCUT2D eigenvalue weighted by Crippen LogP contribution is 2.27. The van der Waals surface area contributed by atoms with Gasteiger partial charge < -0.3 is 18.3 Å². The van der Waals surface area contributed by atoms with E-state index in [0.717, 1.165) is 44.9 Å². The second kappa shape index (κ2) is 12.0. The number of aryl methyl sites for hydroxylation is 1. The quantitative estimate of drug-likeness (QED) is 0.190. The van der Waals surface area contributed by atoms with Crippen LogP contribution in [0, 0.1) is 6.92 Å². The molecule has 6 rings (SSSR count). The molecular formula is C34H32N2O6. The Morgan fingerprint density at radius 2 is 1.76 bits per heavy atom. The van der Waals surface area contributed by atoms with E-state index in [1.807, 2.05) is 98.8 Å². The molecule has 2 amide bonds.